The van der Waals surface area contributed by atoms with Crippen LogP contribution in [0.1, 0.15) is 53.9 Å². The maximum atomic E-state index is 5.74. The van der Waals surface area contributed by atoms with Gasteiger partial charge in [0.1, 0.15) is 0 Å². The summed E-state index contributed by atoms with van der Waals surface area (Å²) in [5.41, 5.74) is 0. The number of rotatable bonds is 9. The average Bonchev–Trinajstić information content (AvgIpc) is 2.42. The van der Waals surface area contributed by atoms with Crippen LogP contribution in [-0.4, -0.2) is 49.8 Å². The molecule has 0 aromatic rings. The van der Waals surface area contributed by atoms with Crippen LogP contribution in [-0.2, 0) is 4.74 Å². The highest BCUT2D eigenvalue weighted by atomic mass is 16.5. The summed E-state index contributed by atoms with van der Waals surface area (Å²) in [4.78, 5) is 2.72. The quantitative estimate of drug-likeness (QED) is 0.704. The molecule has 20 heavy (non-hydrogen) atoms. The van der Waals surface area contributed by atoms with Crippen LogP contribution >= 0.6 is 0 Å². The van der Waals surface area contributed by atoms with Gasteiger partial charge in [-0.25, -0.2) is 0 Å². The molecule has 1 aliphatic heterocycles. The highest BCUT2D eigenvalue weighted by molar-refractivity contribution is 4.84. The van der Waals surface area contributed by atoms with Crippen molar-refractivity contribution in [2.45, 2.75) is 66.0 Å². The molecule has 2 atom stereocenters. The van der Waals surface area contributed by atoms with E-state index in [2.05, 4.69) is 44.8 Å². The summed E-state index contributed by atoms with van der Waals surface area (Å²) in [6.45, 7) is 16.8. The lowest BCUT2D eigenvalue weighted by atomic mass is 9.93. The van der Waals surface area contributed by atoms with Gasteiger partial charge in [0.05, 0.1) is 6.61 Å². The summed E-state index contributed by atoms with van der Waals surface area (Å²) in [5, 5.41) is 3.66. The molecular weight excluding hydrogens is 248 g/mol. The molecule has 0 spiro atoms. The molecule has 1 heterocycles. The standard InChI is InChI=1S/C17H36N2O/c1-6-16(7-2)19(11-14(4)5)12-15-13-20-10-9-17(15)18-8-3/h14-18H,6-13H2,1-5H3. The molecule has 0 bridgehead atoms. The lowest BCUT2D eigenvalue weighted by molar-refractivity contribution is 0.00728. The predicted octanol–water partition coefficient (Wildman–Crippen LogP) is 3.15. The highest BCUT2D eigenvalue weighted by Crippen LogP contribution is 2.20. The molecule has 3 heteroatoms. The van der Waals surface area contributed by atoms with Crippen molar-refractivity contribution in [3.63, 3.8) is 0 Å². The molecule has 0 saturated carbocycles. The number of hydrogen-bond donors (Lipinski definition) is 1. The third-order valence-electron chi connectivity index (χ3n) is 4.47. The van der Waals surface area contributed by atoms with E-state index in [1.54, 1.807) is 0 Å². The minimum atomic E-state index is 0.637. The zero-order valence-corrected chi connectivity index (χ0v) is 14.3. The van der Waals surface area contributed by atoms with Gasteiger partial charge in [-0.1, -0.05) is 34.6 Å². The van der Waals surface area contributed by atoms with Crippen LogP contribution in [0.25, 0.3) is 0 Å². The van der Waals surface area contributed by atoms with Crippen molar-refractivity contribution in [1.82, 2.24) is 10.2 Å². The molecule has 1 N–H and O–H groups in total. The van der Waals surface area contributed by atoms with Gasteiger partial charge in [0.2, 0.25) is 0 Å². The van der Waals surface area contributed by atoms with Crippen LogP contribution < -0.4 is 5.32 Å². The first-order valence-corrected chi connectivity index (χ1v) is 8.67. The van der Waals surface area contributed by atoms with Crippen LogP contribution in [0.3, 0.4) is 0 Å². The lowest BCUT2D eigenvalue weighted by Gasteiger charge is -2.39. The molecule has 0 radical (unpaired) electrons. The smallest absolute Gasteiger partial charge is 0.0521 e. The molecule has 1 saturated heterocycles. The van der Waals surface area contributed by atoms with E-state index in [1.165, 1.54) is 25.9 Å². The van der Waals surface area contributed by atoms with Crippen LogP contribution in [0.5, 0.6) is 0 Å². The fraction of sp³-hybridized carbons (Fsp3) is 1.00. The Hall–Kier alpha value is -0.120. The molecule has 0 aromatic carbocycles. The second-order valence-electron chi connectivity index (χ2n) is 6.61. The summed E-state index contributed by atoms with van der Waals surface area (Å²) in [7, 11) is 0. The van der Waals surface area contributed by atoms with E-state index in [0.29, 0.717) is 12.0 Å². The molecule has 2 unspecified atom stereocenters. The first kappa shape index (κ1) is 17.9. The topological polar surface area (TPSA) is 24.5 Å². The fourth-order valence-electron chi connectivity index (χ4n) is 3.46. The summed E-state index contributed by atoms with van der Waals surface area (Å²) in [5.74, 6) is 1.38. The summed E-state index contributed by atoms with van der Waals surface area (Å²) in [6, 6.07) is 1.36. The minimum Gasteiger partial charge on any atom is -0.381 e. The Bertz CT molecular complexity index is 239. The maximum absolute atomic E-state index is 5.74. The molecule has 0 aliphatic carbocycles. The number of nitrogens with zero attached hydrogens (tertiary/aromatic N) is 1. The van der Waals surface area contributed by atoms with Gasteiger partial charge in [0.15, 0.2) is 0 Å². The van der Waals surface area contributed by atoms with E-state index in [4.69, 9.17) is 4.74 Å². The summed E-state index contributed by atoms with van der Waals surface area (Å²) >= 11 is 0. The Morgan fingerprint density at radius 2 is 1.90 bits per heavy atom. The van der Waals surface area contributed by atoms with Crippen molar-refractivity contribution in [2.24, 2.45) is 11.8 Å². The van der Waals surface area contributed by atoms with E-state index < -0.39 is 0 Å². The van der Waals surface area contributed by atoms with Gasteiger partial charge in [-0.05, 0) is 31.7 Å². The van der Waals surface area contributed by atoms with Gasteiger partial charge in [0, 0.05) is 37.7 Å². The zero-order valence-electron chi connectivity index (χ0n) is 14.3. The van der Waals surface area contributed by atoms with Crippen molar-refractivity contribution in [1.29, 1.82) is 0 Å². The van der Waals surface area contributed by atoms with E-state index in [1.807, 2.05) is 0 Å². The number of nitrogens with one attached hydrogen (secondary N) is 1. The fourth-order valence-corrected chi connectivity index (χ4v) is 3.46. The molecule has 3 nitrogen and oxygen atoms in total. The van der Waals surface area contributed by atoms with E-state index in [0.717, 1.165) is 38.1 Å². The van der Waals surface area contributed by atoms with E-state index in [-0.39, 0.29) is 0 Å². The van der Waals surface area contributed by atoms with Crippen LogP contribution in [0.4, 0.5) is 0 Å². The molecule has 1 rings (SSSR count). The third kappa shape index (κ3) is 5.71. The van der Waals surface area contributed by atoms with Gasteiger partial charge in [-0.2, -0.15) is 0 Å². The summed E-state index contributed by atoms with van der Waals surface area (Å²) in [6.07, 6.45) is 3.67. The normalized spacial score (nSPS) is 24.0. The van der Waals surface area contributed by atoms with Crippen LogP contribution in [0, 0.1) is 11.8 Å². The third-order valence-corrected chi connectivity index (χ3v) is 4.47. The average molecular weight is 284 g/mol. The van der Waals surface area contributed by atoms with Crippen molar-refractivity contribution < 1.29 is 4.74 Å². The Kier molecular flexibility index (Phi) is 8.74. The van der Waals surface area contributed by atoms with Crippen LogP contribution in [0.15, 0.2) is 0 Å². The van der Waals surface area contributed by atoms with E-state index >= 15 is 0 Å². The first-order valence-electron chi connectivity index (χ1n) is 8.67. The molecule has 0 amide bonds. The number of hydrogen-bond acceptors (Lipinski definition) is 3. The highest BCUT2D eigenvalue weighted by Gasteiger charge is 2.28. The zero-order chi connectivity index (χ0) is 15.0. The van der Waals surface area contributed by atoms with Gasteiger partial charge in [-0.15, -0.1) is 0 Å². The first-order chi connectivity index (χ1) is 9.62. The molecule has 120 valence electrons. The maximum Gasteiger partial charge on any atom is 0.0521 e. The molecule has 0 aromatic heterocycles. The Labute approximate surface area is 126 Å². The molecule has 1 aliphatic rings. The van der Waals surface area contributed by atoms with E-state index in [9.17, 15) is 0 Å². The van der Waals surface area contributed by atoms with Gasteiger partial charge in [-0.3, -0.25) is 4.90 Å². The lowest BCUT2D eigenvalue weighted by Crippen LogP contribution is -2.50. The Morgan fingerprint density at radius 3 is 2.45 bits per heavy atom. The Morgan fingerprint density at radius 1 is 1.20 bits per heavy atom. The molecular formula is C17H36N2O. The molecule has 1 fully saturated rings. The monoisotopic (exact) mass is 284 g/mol. The van der Waals surface area contributed by atoms with Crippen LogP contribution in [0.2, 0.25) is 0 Å². The number of ether oxygens (including phenoxy) is 1. The second kappa shape index (κ2) is 9.75. The SMILES string of the molecule is CCNC1CCOCC1CN(CC(C)C)C(CC)CC. The predicted molar refractivity (Wildman–Crippen MR) is 87.2 cm³/mol. The van der Waals surface area contributed by atoms with Gasteiger partial charge in [0.25, 0.3) is 0 Å². The largest absolute Gasteiger partial charge is 0.381 e. The summed E-state index contributed by atoms with van der Waals surface area (Å²) < 4.78 is 5.74. The van der Waals surface area contributed by atoms with Crippen molar-refractivity contribution in [3.05, 3.63) is 0 Å². The minimum absolute atomic E-state index is 0.637. The van der Waals surface area contributed by atoms with Crippen molar-refractivity contribution in [2.75, 3.05) is 32.8 Å². The Balaban J connectivity index is 2.65. The van der Waals surface area contributed by atoms with Gasteiger partial charge >= 0.3 is 0 Å². The second-order valence-corrected chi connectivity index (χ2v) is 6.61. The van der Waals surface area contributed by atoms with Gasteiger partial charge < -0.3 is 10.1 Å². The van der Waals surface area contributed by atoms with Crippen molar-refractivity contribution in [3.8, 4) is 0 Å². The van der Waals surface area contributed by atoms with Crippen molar-refractivity contribution >= 4 is 0 Å².